The van der Waals surface area contributed by atoms with Gasteiger partial charge in [0, 0.05) is 18.8 Å². The summed E-state index contributed by atoms with van der Waals surface area (Å²) in [6, 6.07) is 8.61. The van der Waals surface area contributed by atoms with Crippen molar-refractivity contribution in [3.8, 4) is 0 Å². The Labute approximate surface area is 85.5 Å². The van der Waals surface area contributed by atoms with Crippen LogP contribution >= 0.6 is 0 Å². The summed E-state index contributed by atoms with van der Waals surface area (Å²) >= 11 is 0. The topological polar surface area (TPSA) is 38.0 Å². The Morgan fingerprint density at radius 1 is 1.29 bits per heavy atom. The van der Waals surface area contributed by atoms with Gasteiger partial charge in [0.15, 0.2) is 0 Å². The van der Waals surface area contributed by atoms with Crippen LogP contribution in [0.25, 0.3) is 0 Å². The van der Waals surface area contributed by atoms with Crippen LogP contribution in [0.2, 0.25) is 0 Å². The first-order valence-corrected chi connectivity index (χ1v) is 5.44. The molecule has 0 spiro atoms. The average Bonchev–Trinajstić information content (AvgIpc) is 2.14. The van der Waals surface area contributed by atoms with E-state index in [4.69, 9.17) is 5.73 Å². The molecule has 14 heavy (non-hydrogen) atoms. The van der Waals surface area contributed by atoms with Crippen molar-refractivity contribution in [1.82, 2.24) is 0 Å². The predicted octanol–water partition coefficient (Wildman–Crippen LogP) is 2.32. The van der Waals surface area contributed by atoms with Crippen LogP contribution in [0.3, 0.4) is 0 Å². The van der Waals surface area contributed by atoms with Crippen LogP contribution in [-0.4, -0.2) is 13.1 Å². The van der Waals surface area contributed by atoms with E-state index in [1.54, 1.807) is 0 Å². The van der Waals surface area contributed by atoms with Crippen molar-refractivity contribution in [2.75, 3.05) is 18.4 Å². The summed E-state index contributed by atoms with van der Waals surface area (Å²) in [4.78, 5) is 0. The van der Waals surface area contributed by atoms with Gasteiger partial charge >= 0.3 is 0 Å². The second-order valence-electron chi connectivity index (χ2n) is 3.93. The SMILES string of the molecule is NCCNc1ccccc1C1CCC1. The predicted molar refractivity (Wildman–Crippen MR) is 60.6 cm³/mol. The largest absolute Gasteiger partial charge is 0.384 e. The third-order valence-electron chi connectivity index (χ3n) is 2.97. The molecule has 2 rings (SSSR count). The number of rotatable bonds is 4. The highest BCUT2D eigenvalue weighted by Gasteiger charge is 2.21. The third kappa shape index (κ3) is 1.90. The summed E-state index contributed by atoms with van der Waals surface area (Å²) in [7, 11) is 0. The fraction of sp³-hybridized carbons (Fsp3) is 0.500. The Hall–Kier alpha value is -1.02. The Bertz CT molecular complexity index is 292. The molecule has 1 aliphatic carbocycles. The molecule has 1 aromatic rings. The first-order valence-electron chi connectivity index (χ1n) is 5.44. The molecule has 76 valence electrons. The zero-order valence-corrected chi connectivity index (χ0v) is 8.50. The van der Waals surface area contributed by atoms with Crippen molar-refractivity contribution >= 4 is 5.69 Å². The molecule has 2 heteroatoms. The zero-order valence-electron chi connectivity index (χ0n) is 8.50. The maximum Gasteiger partial charge on any atom is 0.0376 e. The standard InChI is InChI=1S/C12H18N2/c13-8-9-14-12-7-2-1-6-11(12)10-4-3-5-10/h1-2,6-7,10,14H,3-5,8-9,13H2. The summed E-state index contributed by atoms with van der Waals surface area (Å²) < 4.78 is 0. The van der Waals surface area contributed by atoms with Crippen LogP contribution in [0.5, 0.6) is 0 Å². The molecule has 0 atom stereocenters. The molecule has 1 saturated carbocycles. The first-order chi connectivity index (χ1) is 6.92. The normalized spacial score (nSPS) is 16.4. The third-order valence-corrected chi connectivity index (χ3v) is 2.97. The summed E-state index contributed by atoms with van der Waals surface area (Å²) in [6.07, 6.45) is 4.08. The number of para-hydroxylation sites is 1. The lowest BCUT2D eigenvalue weighted by Crippen LogP contribution is -2.16. The molecule has 0 heterocycles. The molecule has 0 unspecified atom stereocenters. The van der Waals surface area contributed by atoms with Crippen molar-refractivity contribution in [1.29, 1.82) is 0 Å². The summed E-state index contributed by atoms with van der Waals surface area (Å²) in [6.45, 7) is 1.56. The Balaban J connectivity index is 2.11. The lowest BCUT2D eigenvalue weighted by atomic mass is 9.79. The molecule has 2 nitrogen and oxygen atoms in total. The summed E-state index contributed by atoms with van der Waals surface area (Å²) in [5.41, 5.74) is 8.25. The maximum atomic E-state index is 5.49. The van der Waals surface area contributed by atoms with Crippen LogP contribution in [0.15, 0.2) is 24.3 Å². The number of hydrogen-bond acceptors (Lipinski definition) is 2. The molecule has 0 aliphatic heterocycles. The molecule has 0 radical (unpaired) electrons. The van der Waals surface area contributed by atoms with Crippen molar-refractivity contribution in [2.24, 2.45) is 5.73 Å². The minimum absolute atomic E-state index is 0.693. The molecule has 0 bridgehead atoms. The minimum atomic E-state index is 0.693. The van der Waals surface area contributed by atoms with Crippen LogP contribution in [0, 0.1) is 0 Å². The van der Waals surface area contributed by atoms with E-state index in [2.05, 4.69) is 29.6 Å². The van der Waals surface area contributed by atoms with Gasteiger partial charge in [-0.3, -0.25) is 0 Å². The number of nitrogens with two attached hydrogens (primary N) is 1. The van der Waals surface area contributed by atoms with E-state index in [1.165, 1.54) is 30.5 Å². The van der Waals surface area contributed by atoms with E-state index >= 15 is 0 Å². The van der Waals surface area contributed by atoms with Gasteiger partial charge in [-0.05, 0) is 30.4 Å². The number of nitrogens with one attached hydrogen (secondary N) is 1. The van der Waals surface area contributed by atoms with Gasteiger partial charge in [0.1, 0.15) is 0 Å². The molecule has 1 aromatic carbocycles. The maximum absolute atomic E-state index is 5.49. The van der Waals surface area contributed by atoms with E-state index in [9.17, 15) is 0 Å². The second kappa shape index (κ2) is 4.47. The van der Waals surface area contributed by atoms with Gasteiger partial charge in [0.2, 0.25) is 0 Å². The van der Waals surface area contributed by atoms with Crippen molar-refractivity contribution < 1.29 is 0 Å². The van der Waals surface area contributed by atoms with Gasteiger partial charge in [-0.2, -0.15) is 0 Å². The fourth-order valence-electron chi connectivity index (χ4n) is 1.94. The van der Waals surface area contributed by atoms with Crippen molar-refractivity contribution in [3.05, 3.63) is 29.8 Å². The van der Waals surface area contributed by atoms with Crippen LogP contribution in [0.1, 0.15) is 30.7 Å². The Morgan fingerprint density at radius 2 is 2.07 bits per heavy atom. The Morgan fingerprint density at radius 3 is 2.71 bits per heavy atom. The molecule has 3 N–H and O–H groups in total. The van der Waals surface area contributed by atoms with Gasteiger partial charge in [-0.1, -0.05) is 24.6 Å². The smallest absolute Gasteiger partial charge is 0.0376 e. The lowest BCUT2D eigenvalue weighted by Gasteiger charge is -2.28. The van der Waals surface area contributed by atoms with Gasteiger partial charge in [0.25, 0.3) is 0 Å². The minimum Gasteiger partial charge on any atom is -0.384 e. The molecule has 0 aromatic heterocycles. The van der Waals surface area contributed by atoms with E-state index < -0.39 is 0 Å². The number of anilines is 1. The zero-order chi connectivity index (χ0) is 9.80. The molecule has 1 aliphatic rings. The highest BCUT2D eigenvalue weighted by Crippen LogP contribution is 2.39. The highest BCUT2D eigenvalue weighted by atomic mass is 14.9. The van der Waals surface area contributed by atoms with Gasteiger partial charge in [-0.25, -0.2) is 0 Å². The van der Waals surface area contributed by atoms with Gasteiger partial charge in [0.05, 0.1) is 0 Å². The first kappa shape index (κ1) is 9.53. The molecule has 1 fully saturated rings. The van der Waals surface area contributed by atoms with Crippen LogP contribution in [-0.2, 0) is 0 Å². The van der Waals surface area contributed by atoms with Gasteiger partial charge in [-0.15, -0.1) is 0 Å². The molecular weight excluding hydrogens is 172 g/mol. The quantitative estimate of drug-likeness (QED) is 0.764. The molecule has 0 saturated heterocycles. The second-order valence-corrected chi connectivity index (χ2v) is 3.93. The monoisotopic (exact) mass is 190 g/mol. The van der Waals surface area contributed by atoms with Gasteiger partial charge < -0.3 is 11.1 Å². The van der Waals surface area contributed by atoms with Crippen LogP contribution < -0.4 is 11.1 Å². The van der Waals surface area contributed by atoms with E-state index in [1.807, 2.05) is 0 Å². The van der Waals surface area contributed by atoms with Crippen LogP contribution in [0.4, 0.5) is 5.69 Å². The van der Waals surface area contributed by atoms with E-state index in [0.29, 0.717) is 6.54 Å². The highest BCUT2D eigenvalue weighted by molar-refractivity contribution is 5.53. The lowest BCUT2D eigenvalue weighted by molar-refractivity contribution is 0.420. The molecule has 0 amide bonds. The van der Waals surface area contributed by atoms with Crippen molar-refractivity contribution in [2.45, 2.75) is 25.2 Å². The average molecular weight is 190 g/mol. The van der Waals surface area contributed by atoms with E-state index in [0.717, 1.165) is 12.5 Å². The number of benzene rings is 1. The fourth-order valence-corrected chi connectivity index (χ4v) is 1.94. The van der Waals surface area contributed by atoms with Crippen molar-refractivity contribution in [3.63, 3.8) is 0 Å². The number of hydrogen-bond donors (Lipinski definition) is 2. The summed E-state index contributed by atoms with van der Waals surface area (Å²) in [5, 5.41) is 3.39. The molecular formula is C12H18N2. The Kier molecular flexibility index (Phi) is 3.04. The van der Waals surface area contributed by atoms with E-state index in [-0.39, 0.29) is 0 Å². The summed E-state index contributed by atoms with van der Waals surface area (Å²) in [5.74, 6) is 0.788.